The molecule has 2 aliphatic carbocycles. The van der Waals surface area contributed by atoms with Crippen LogP contribution < -0.4 is 10.1 Å². The van der Waals surface area contributed by atoms with Crippen LogP contribution in [0.5, 0.6) is 5.88 Å². The molecule has 3 rings (SSSR count). The molecule has 0 aromatic carbocycles. The predicted molar refractivity (Wildman–Crippen MR) is 73.0 cm³/mol. The summed E-state index contributed by atoms with van der Waals surface area (Å²) in [5.74, 6) is 0.624. The van der Waals surface area contributed by atoms with E-state index in [0.717, 1.165) is 24.8 Å². The van der Waals surface area contributed by atoms with E-state index in [4.69, 9.17) is 4.74 Å². The Morgan fingerprint density at radius 2 is 2.11 bits per heavy atom. The summed E-state index contributed by atoms with van der Waals surface area (Å²) in [5, 5.41) is 3.42. The fourth-order valence-electron chi connectivity index (χ4n) is 2.04. The molecule has 104 valence electrons. The quantitative estimate of drug-likeness (QED) is 0.763. The van der Waals surface area contributed by atoms with Gasteiger partial charge in [-0.15, -0.1) is 0 Å². The molecule has 0 bridgehead atoms. The zero-order valence-corrected chi connectivity index (χ0v) is 11.5. The summed E-state index contributed by atoms with van der Waals surface area (Å²) in [6.07, 6.45) is 8.78. The van der Waals surface area contributed by atoms with Crippen molar-refractivity contribution in [3.63, 3.8) is 0 Å². The smallest absolute Gasteiger partial charge is 0.232 e. The van der Waals surface area contributed by atoms with Gasteiger partial charge in [0, 0.05) is 25.2 Å². The monoisotopic (exact) mass is 262 g/mol. The van der Waals surface area contributed by atoms with E-state index in [1.54, 1.807) is 12.4 Å². The van der Waals surface area contributed by atoms with Crippen LogP contribution in [0.2, 0.25) is 0 Å². The second-order valence-electron chi connectivity index (χ2n) is 5.56. The van der Waals surface area contributed by atoms with Gasteiger partial charge in [-0.1, -0.05) is 0 Å². The molecule has 0 saturated heterocycles. The van der Waals surface area contributed by atoms with Crippen molar-refractivity contribution >= 4 is 0 Å². The molecule has 0 spiro atoms. The van der Waals surface area contributed by atoms with E-state index in [0.29, 0.717) is 18.5 Å². The predicted octanol–water partition coefficient (Wildman–Crippen LogP) is 1.20. The molecular formula is C14H22N4O. The van der Waals surface area contributed by atoms with Gasteiger partial charge in [-0.25, -0.2) is 4.98 Å². The van der Waals surface area contributed by atoms with E-state index >= 15 is 0 Å². The van der Waals surface area contributed by atoms with Crippen LogP contribution >= 0.6 is 0 Å². The number of aromatic nitrogens is 2. The van der Waals surface area contributed by atoms with E-state index in [2.05, 4.69) is 27.2 Å². The van der Waals surface area contributed by atoms with Gasteiger partial charge in [0.25, 0.3) is 0 Å². The zero-order chi connectivity index (χ0) is 13.1. The molecule has 5 heteroatoms. The molecule has 0 unspecified atom stereocenters. The Kier molecular flexibility index (Phi) is 3.94. The van der Waals surface area contributed by atoms with Crippen molar-refractivity contribution in [2.45, 2.75) is 44.3 Å². The van der Waals surface area contributed by atoms with E-state index in [9.17, 15) is 0 Å². The van der Waals surface area contributed by atoms with Gasteiger partial charge in [0.2, 0.25) is 5.88 Å². The minimum atomic E-state index is 0.624. The number of nitrogens with zero attached hydrogens (tertiary/aromatic N) is 3. The number of nitrogens with one attached hydrogen (secondary N) is 1. The Labute approximate surface area is 114 Å². The standard InChI is InChI=1S/C14H22N4O/c1-18(13-4-5-13)6-7-19-14-10-16-12(9-17-14)8-15-11-2-3-11/h9-11,13,15H,2-8H2,1H3. The molecule has 0 amide bonds. The molecule has 19 heavy (non-hydrogen) atoms. The number of rotatable bonds is 8. The maximum Gasteiger partial charge on any atom is 0.232 e. The van der Waals surface area contributed by atoms with E-state index < -0.39 is 0 Å². The van der Waals surface area contributed by atoms with Crippen LogP contribution in [-0.2, 0) is 6.54 Å². The van der Waals surface area contributed by atoms with Crippen molar-refractivity contribution in [3.05, 3.63) is 18.1 Å². The van der Waals surface area contributed by atoms with Crippen LogP contribution in [0.3, 0.4) is 0 Å². The lowest BCUT2D eigenvalue weighted by Crippen LogP contribution is -2.26. The third-order valence-electron chi connectivity index (χ3n) is 3.69. The maximum absolute atomic E-state index is 5.61. The lowest BCUT2D eigenvalue weighted by Gasteiger charge is -2.15. The Hall–Kier alpha value is -1.20. The van der Waals surface area contributed by atoms with Crippen LogP contribution in [0.25, 0.3) is 0 Å². The van der Waals surface area contributed by atoms with Gasteiger partial charge in [-0.2, -0.15) is 0 Å². The minimum Gasteiger partial charge on any atom is -0.475 e. The fourth-order valence-corrected chi connectivity index (χ4v) is 2.04. The van der Waals surface area contributed by atoms with Gasteiger partial charge in [-0.3, -0.25) is 4.98 Å². The van der Waals surface area contributed by atoms with Crippen molar-refractivity contribution in [1.29, 1.82) is 0 Å². The highest BCUT2D eigenvalue weighted by molar-refractivity contribution is 5.07. The number of likely N-dealkylation sites (N-methyl/N-ethyl adjacent to an activating group) is 1. The average molecular weight is 262 g/mol. The second-order valence-corrected chi connectivity index (χ2v) is 5.56. The van der Waals surface area contributed by atoms with Crippen LogP contribution in [0.1, 0.15) is 31.4 Å². The Balaban J connectivity index is 1.37. The van der Waals surface area contributed by atoms with Gasteiger partial charge >= 0.3 is 0 Å². The molecule has 1 aromatic rings. The summed E-state index contributed by atoms with van der Waals surface area (Å²) in [5.41, 5.74) is 0.981. The summed E-state index contributed by atoms with van der Waals surface area (Å²) in [6.45, 7) is 2.45. The highest BCUT2D eigenvalue weighted by atomic mass is 16.5. The summed E-state index contributed by atoms with van der Waals surface area (Å²) in [7, 11) is 2.15. The topological polar surface area (TPSA) is 50.3 Å². The molecule has 0 radical (unpaired) electrons. The lowest BCUT2D eigenvalue weighted by molar-refractivity contribution is 0.225. The minimum absolute atomic E-state index is 0.624. The van der Waals surface area contributed by atoms with Crippen molar-refractivity contribution in [1.82, 2.24) is 20.2 Å². The maximum atomic E-state index is 5.61. The largest absolute Gasteiger partial charge is 0.475 e. The number of hydrogen-bond acceptors (Lipinski definition) is 5. The summed E-state index contributed by atoms with van der Waals surface area (Å²) >= 11 is 0. The summed E-state index contributed by atoms with van der Waals surface area (Å²) in [6, 6.07) is 1.49. The van der Waals surface area contributed by atoms with Gasteiger partial charge in [-0.05, 0) is 32.7 Å². The molecular weight excluding hydrogens is 240 g/mol. The molecule has 0 aliphatic heterocycles. The fraction of sp³-hybridized carbons (Fsp3) is 0.714. The first kappa shape index (κ1) is 12.8. The van der Waals surface area contributed by atoms with E-state index in [-0.39, 0.29) is 0 Å². The molecule has 2 saturated carbocycles. The van der Waals surface area contributed by atoms with E-state index in [1.807, 2.05) is 0 Å². The first-order valence-electron chi connectivity index (χ1n) is 7.18. The van der Waals surface area contributed by atoms with Gasteiger partial charge in [0.1, 0.15) is 6.61 Å². The SMILES string of the molecule is CN(CCOc1cnc(CNC2CC2)cn1)C1CC1. The van der Waals surface area contributed by atoms with Crippen molar-refractivity contribution in [2.24, 2.45) is 0 Å². The van der Waals surface area contributed by atoms with Gasteiger partial charge in [0.15, 0.2) is 0 Å². The van der Waals surface area contributed by atoms with E-state index in [1.165, 1.54) is 25.7 Å². The molecule has 5 nitrogen and oxygen atoms in total. The molecule has 1 heterocycles. The highest BCUT2D eigenvalue weighted by Crippen LogP contribution is 2.24. The Bertz CT molecular complexity index is 400. The number of hydrogen-bond donors (Lipinski definition) is 1. The molecule has 0 atom stereocenters. The second kappa shape index (κ2) is 5.84. The zero-order valence-electron chi connectivity index (χ0n) is 11.5. The van der Waals surface area contributed by atoms with Crippen LogP contribution in [0.15, 0.2) is 12.4 Å². The first-order chi connectivity index (χ1) is 9.31. The van der Waals surface area contributed by atoms with Crippen molar-refractivity contribution in [3.8, 4) is 5.88 Å². The lowest BCUT2D eigenvalue weighted by atomic mass is 10.4. The normalized spacial score (nSPS) is 18.8. The first-order valence-corrected chi connectivity index (χ1v) is 7.18. The molecule has 2 fully saturated rings. The van der Waals surface area contributed by atoms with Gasteiger partial charge in [0.05, 0.1) is 18.1 Å². The van der Waals surface area contributed by atoms with Crippen LogP contribution in [0.4, 0.5) is 0 Å². The van der Waals surface area contributed by atoms with Crippen molar-refractivity contribution in [2.75, 3.05) is 20.2 Å². The third kappa shape index (κ3) is 4.14. The van der Waals surface area contributed by atoms with Crippen LogP contribution in [0, 0.1) is 0 Å². The summed E-state index contributed by atoms with van der Waals surface area (Å²) < 4.78 is 5.61. The number of ether oxygens (including phenoxy) is 1. The highest BCUT2D eigenvalue weighted by Gasteiger charge is 2.25. The van der Waals surface area contributed by atoms with Gasteiger partial charge < -0.3 is 15.0 Å². The third-order valence-corrected chi connectivity index (χ3v) is 3.69. The molecule has 1 N–H and O–H groups in total. The average Bonchev–Trinajstić information content (AvgIpc) is 3.30. The van der Waals surface area contributed by atoms with Crippen molar-refractivity contribution < 1.29 is 4.74 Å². The Morgan fingerprint density at radius 3 is 2.74 bits per heavy atom. The molecule has 1 aromatic heterocycles. The molecule has 2 aliphatic rings. The Morgan fingerprint density at radius 1 is 1.26 bits per heavy atom. The van der Waals surface area contributed by atoms with Crippen LogP contribution in [-0.4, -0.2) is 47.2 Å². The summed E-state index contributed by atoms with van der Waals surface area (Å²) in [4.78, 5) is 11.0.